The minimum absolute atomic E-state index is 0.0193. The van der Waals surface area contributed by atoms with Crippen molar-refractivity contribution in [3.8, 4) is 0 Å². The molecule has 0 saturated carbocycles. The molecular weight excluding hydrogens is 256 g/mol. The predicted octanol–water partition coefficient (Wildman–Crippen LogP) is 2.08. The zero-order chi connectivity index (χ0) is 14.4. The Morgan fingerprint density at radius 3 is 2.95 bits per heavy atom. The van der Waals surface area contributed by atoms with Crippen LogP contribution in [-0.4, -0.2) is 42.6 Å². The van der Waals surface area contributed by atoms with Crippen LogP contribution in [0, 0.1) is 5.92 Å². The fraction of sp³-hybridized carbons (Fsp3) is 0.733. The Morgan fingerprint density at radius 2 is 2.25 bits per heavy atom. The first-order chi connectivity index (χ1) is 9.69. The van der Waals surface area contributed by atoms with E-state index in [2.05, 4.69) is 17.5 Å². The van der Waals surface area contributed by atoms with E-state index in [9.17, 15) is 9.59 Å². The van der Waals surface area contributed by atoms with Crippen LogP contribution in [0.15, 0.2) is 12.2 Å². The number of ether oxygens (including phenoxy) is 1. The van der Waals surface area contributed by atoms with E-state index in [1.165, 1.54) is 0 Å². The van der Waals surface area contributed by atoms with Crippen molar-refractivity contribution in [2.24, 2.45) is 5.92 Å². The van der Waals surface area contributed by atoms with Crippen molar-refractivity contribution in [2.45, 2.75) is 45.1 Å². The van der Waals surface area contributed by atoms with Crippen LogP contribution in [0.1, 0.15) is 39.0 Å². The number of carbonyl (C=O) groups excluding carboxylic acids is 2. The van der Waals surface area contributed by atoms with Crippen LogP contribution in [-0.2, 0) is 9.53 Å². The van der Waals surface area contributed by atoms with Gasteiger partial charge < -0.3 is 15.0 Å². The molecule has 1 N–H and O–H groups in total. The van der Waals surface area contributed by atoms with Crippen molar-refractivity contribution >= 4 is 12.0 Å². The monoisotopic (exact) mass is 280 g/mol. The third-order valence-corrected chi connectivity index (χ3v) is 3.92. The Balaban J connectivity index is 1.78. The van der Waals surface area contributed by atoms with Gasteiger partial charge in [-0.1, -0.05) is 12.2 Å². The molecule has 0 aromatic carbocycles. The standard InChI is InChI=1S/C15H24N2O3/c1-2-20-15(19)16-13-8-5-9-17(11-13)14(18)10-12-6-3-4-7-12/h3,6,12-13H,2,4-5,7-11H2,1H3,(H,16,19). The average Bonchev–Trinajstić information content (AvgIpc) is 2.92. The first-order valence-electron chi connectivity index (χ1n) is 7.56. The molecule has 1 aliphatic heterocycles. The van der Waals surface area contributed by atoms with E-state index < -0.39 is 0 Å². The maximum atomic E-state index is 12.3. The number of amides is 2. The number of piperidine rings is 1. The lowest BCUT2D eigenvalue weighted by Crippen LogP contribution is -2.49. The second kappa shape index (κ2) is 7.31. The molecule has 20 heavy (non-hydrogen) atoms. The zero-order valence-corrected chi connectivity index (χ0v) is 12.1. The van der Waals surface area contributed by atoms with Gasteiger partial charge in [-0.25, -0.2) is 4.79 Å². The molecule has 2 aliphatic rings. The summed E-state index contributed by atoms with van der Waals surface area (Å²) in [6.45, 7) is 3.56. The molecule has 1 heterocycles. The summed E-state index contributed by atoms with van der Waals surface area (Å²) in [5.74, 6) is 0.609. The minimum atomic E-state index is -0.384. The van der Waals surface area contributed by atoms with E-state index in [4.69, 9.17) is 4.74 Å². The van der Waals surface area contributed by atoms with E-state index in [1.54, 1.807) is 6.92 Å². The molecule has 1 saturated heterocycles. The summed E-state index contributed by atoms with van der Waals surface area (Å²) < 4.78 is 4.89. The number of carbonyl (C=O) groups is 2. The fourth-order valence-corrected chi connectivity index (χ4v) is 2.88. The number of nitrogens with one attached hydrogen (secondary N) is 1. The van der Waals surface area contributed by atoms with Crippen molar-refractivity contribution in [1.29, 1.82) is 0 Å². The molecule has 1 aliphatic carbocycles. The second-order valence-electron chi connectivity index (χ2n) is 5.51. The Morgan fingerprint density at radius 1 is 1.40 bits per heavy atom. The molecule has 0 aromatic heterocycles. The van der Waals surface area contributed by atoms with Crippen LogP contribution in [0.4, 0.5) is 4.79 Å². The minimum Gasteiger partial charge on any atom is -0.450 e. The maximum Gasteiger partial charge on any atom is 0.407 e. The van der Waals surface area contributed by atoms with Crippen LogP contribution in [0.5, 0.6) is 0 Å². The first kappa shape index (κ1) is 14.9. The third-order valence-electron chi connectivity index (χ3n) is 3.92. The third kappa shape index (κ3) is 4.25. The maximum absolute atomic E-state index is 12.3. The molecule has 0 aromatic rings. The Bertz CT molecular complexity index is 381. The van der Waals surface area contributed by atoms with Gasteiger partial charge in [0.25, 0.3) is 0 Å². The Kier molecular flexibility index (Phi) is 5.44. The Labute approximate surface area is 120 Å². The van der Waals surface area contributed by atoms with Gasteiger partial charge in [-0.15, -0.1) is 0 Å². The molecular formula is C15H24N2O3. The second-order valence-corrected chi connectivity index (χ2v) is 5.51. The van der Waals surface area contributed by atoms with Crippen LogP contribution in [0.25, 0.3) is 0 Å². The van der Waals surface area contributed by atoms with Crippen LogP contribution >= 0.6 is 0 Å². The highest BCUT2D eigenvalue weighted by Crippen LogP contribution is 2.22. The highest BCUT2D eigenvalue weighted by molar-refractivity contribution is 5.77. The van der Waals surface area contributed by atoms with Crippen molar-refractivity contribution in [3.63, 3.8) is 0 Å². The molecule has 0 bridgehead atoms. The van der Waals surface area contributed by atoms with E-state index in [0.29, 0.717) is 25.5 Å². The van der Waals surface area contributed by atoms with E-state index in [1.807, 2.05) is 4.90 Å². The van der Waals surface area contributed by atoms with E-state index in [0.717, 1.165) is 32.2 Å². The average molecular weight is 280 g/mol. The van der Waals surface area contributed by atoms with E-state index >= 15 is 0 Å². The molecule has 5 heteroatoms. The lowest BCUT2D eigenvalue weighted by molar-refractivity contribution is -0.133. The fourth-order valence-electron chi connectivity index (χ4n) is 2.88. The van der Waals surface area contributed by atoms with Gasteiger partial charge >= 0.3 is 6.09 Å². The Hall–Kier alpha value is -1.52. The van der Waals surface area contributed by atoms with Crippen molar-refractivity contribution < 1.29 is 14.3 Å². The molecule has 2 amide bonds. The SMILES string of the molecule is CCOC(=O)NC1CCCN(C(=O)CC2C=CCC2)C1. The number of allylic oxidation sites excluding steroid dienone is 2. The van der Waals surface area contributed by atoms with Gasteiger partial charge in [0, 0.05) is 25.6 Å². The quantitative estimate of drug-likeness (QED) is 0.802. The van der Waals surface area contributed by atoms with Gasteiger partial charge in [0.15, 0.2) is 0 Å². The first-order valence-corrected chi connectivity index (χ1v) is 7.56. The number of hydrogen-bond donors (Lipinski definition) is 1. The highest BCUT2D eigenvalue weighted by atomic mass is 16.5. The van der Waals surface area contributed by atoms with Gasteiger partial charge in [0.05, 0.1) is 6.61 Å². The molecule has 2 unspecified atom stereocenters. The van der Waals surface area contributed by atoms with Crippen LogP contribution in [0.3, 0.4) is 0 Å². The molecule has 2 rings (SSSR count). The normalized spacial score (nSPS) is 25.6. The predicted molar refractivity (Wildman–Crippen MR) is 76.2 cm³/mol. The number of rotatable bonds is 4. The number of hydrogen-bond acceptors (Lipinski definition) is 3. The smallest absolute Gasteiger partial charge is 0.407 e. The number of nitrogens with zero attached hydrogens (tertiary/aromatic N) is 1. The number of likely N-dealkylation sites (tertiary alicyclic amines) is 1. The molecule has 5 nitrogen and oxygen atoms in total. The van der Waals surface area contributed by atoms with Crippen molar-refractivity contribution in [1.82, 2.24) is 10.2 Å². The lowest BCUT2D eigenvalue weighted by Gasteiger charge is -2.33. The summed E-state index contributed by atoms with van der Waals surface area (Å²) in [4.78, 5) is 25.6. The van der Waals surface area contributed by atoms with Gasteiger partial charge in [-0.3, -0.25) is 4.79 Å². The summed E-state index contributed by atoms with van der Waals surface area (Å²) in [5, 5.41) is 2.83. The summed E-state index contributed by atoms with van der Waals surface area (Å²) in [5.41, 5.74) is 0. The van der Waals surface area contributed by atoms with E-state index in [-0.39, 0.29) is 18.0 Å². The zero-order valence-electron chi connectivity index (χ0n) is 12.1. The topological polar surface area (TPSA) is 58.6 Å². The van der Waals surface area contributed by atoms with Crippen molar-refractivity contribution in [2.75, 3.05) is 19.7 Å². The summed E-state index contributed by atoms with van der Waals surface area (Å²) in [6, 6.07) is 0.0193. The molecule has 0 spiro atoms. The summed E-state index contributed by atoms with van der Waals surface area (Å²) in [6.07, 6.45) is 8.54. The molecule has 2 atom stereocenters. The van der Waals surface area contributed by atoms with Gasteiger partial charge in [-0.2, -0.15) is 0 Å². The summed E-state index contributed by atoms with van der Waals surface area (Å²) in [7, 11) is 0. The summed E-state index contributed by atoms with van der Waals surface area (Å²) >= 11 is 0. The van der Waals surface area contributed by atoms with Gasteiger partial charge in [0.1, 0.15) is 0 Å². The highest BCUT2D eigenvalue weighted by Gasteiger charge is 2.26. The molecule has 112 valence electrons. The number of alkyl carbamates (subject to hydrolysis) is 1. The lowest BCUT2D eigenvalue weighted by atomic mass is 10.0. The van der Waals surface area contributed by atoms with Crippen molar-refractivity contribution in [3.05, 3.63) is 12.2 Å². The van der Waals surface area contributed by atoms with Gasteiger partial charge in [0.2, 0.25) is 5.91 Å². The van der Waals surface area contributed by atoms with Gasteiger partial charge in [-0.05, 0) is 38.5 Å². The molecule has 1 fully saturated rings. The largest absolute Gasteiger partial charge is 0.450 e. The van der Waals surface area contributed by atoms with Crippen LogP contribution in [0.2, 0.25) is 0 Å². The molecule has 0 radical (unpaired) electrons. The van der Waals surface area contributed by atoms with Crippen LogP contribution < -0.4 is 5.32 Å².